The molecule has 0 atom stereocenters. The number of Topliss-reactive ketones (excluding diaryl/α,β-unsaturated/α-hetero) is 2. The average molecular weight is 411 g/mol. The average Bonchev–Trinajstić information content (AvgIpc) is 3.25. The summed E-state index contributed by atoms with van der Waals surface area (Å²) < 4.78 is 4.30. The SMILES string of the molecule is C=C1CCc2c(c3ccccc3n2C)C1=O.Cn1c2c(c3ccccc31)C(=O)CCC2. The summed E-state index contributed by atoms with van der Waals surface area (Å²) >= 11 is 0. The van der Waals surface area contributed by atoms with Crippen molar-refractivity contribution in [3.63, 3.8) is 0 Å². The number of nitrogens with zero attached hydrogens (tertiary/aromatic N) is 2. The monoisotopic (exact) mass is 410 g/mol. The molecule has 2 aliphatic carbocycles. The summed E-state index contributed by atoms with van der Waals surface area (Å²) in [5.74, 6) is 0.436. The molecule has 0 bridgehead atoms. The number of para-hydroxylation sites is 2. The van der Waals surface area contributed by atoms with E-state index in [4.69, 9.17) is 0 Å². The van der Waals surface area contributed by atoms with E-state index in [2.05, 4.69) is 41.0 Å². The molecule has 4 aromatic rings. The second kappa shape index (κ2) is 7.38. The van der Waals surface area contributed by atoms with E-state index in [9.17, 15) is 9.59 Å². The first-order valence-electron chi connectivity index (χ1n) is 10.9. The van der Waals surface area contributed by atoms with Gasteiger partial charge in [-0.15, -0.1) is 0 Å². The third-order valence-corrected chi connectivity index (χ3v) is 6.76. The van der Waals surface area contributed by atoms with Crippen molar-refractivity contribution in [2.45, 2.75) is 32.1 Å². The van der Waals surface area contributed by atoms with Gasteiger partial charge in [0.15, 0.2) is 11.6 Å². The largest absolute Gasteiger partial charge is 0.347 e. The molecule has 2 aliphatic rings. The molecular formula is C27H26N2O2. The number of rotatable bonds is 0. The zero-order chi connectivity index (χ0) is 21.7. The molecule has 6 rings (SSSR count). The fourth-order valence-electron chi connectivity index (χ4n) is 5.14. The van der Waals surface area contributed by atoms with E-state index in [-0.39, 0.29) is 5.78 Å². The van der Waals surface area contributed by atoms with Crippen LogP contribution in [0.15, 0.2) is 60.7 Å². The number of carbonyl (C=O) groups is 2. The van der Waals surface area contributed by atoms with Gasteiger partial charge in [0.25, 0.3) is 0 Å². The highest BCUT2D eigenvalue weighted by Crippen LogP contribution is 2.33. The molecule has 0 unspecified atom stereocenters. The van der Waals surface area contributed by atoms with Gasteiger partial charge >= 0.3 is 0 Å². The van der Waals surface area contributed by atoms with Gasteiger partial charge in [0.2, 0.25) is 0 Å². The summed E-state index contributed by atoms with van der Waals surface area (Å²) in [6.45, 7) is 3.85. The topological polar surface area (TPSA) is 44.0 Å². The van der Waals surface area contributed by atoms with Crippen molar-refractivity contribution in [2.24, 2.45) is 14.1 Å². The first-order chi connectivity index (χ1) is 15.0. The Balaban J connectivity index is 0.000000132. The van der Waals surface area contributed by atoms with Crippen LogP contribution in [-0.4, -0.2) is 20.7 Å². The molecule has 0 radical (unpaired) electrons. The van der Waals surface area contributed by atoms with Gasteiger partial charge < -0.3 is 9.13 Å². The highest BCUT2D eigenvalue weighted by atomic mass is 16.1. The number of aryl methyl sites for hydroxylation is 2. The van der Waals surface area contributed by atoms with Crippen molar-refractivity contribution >= 4 is 33.4 Å². The van der Waals surface area contributed by atoms with Crippen molar-refractivity contribution < 1.29 is 9.59 Å². The van der Waals surface area contributed by atoms with E-state index in [1.165, 1.54) is 11.2 Å². The van der Waals surface area contributed by atoms with Crippen LogP contribution in [0.5, 0.6) is 0 Å². The summed E-state index contributed by atoms with van der Waals surface area (Å²) in [5.41, 5.74) is 7.26. The number of fused-ring (bicyclic) bond motifs is 6. The van der Waals surface area contributed by atoms with E-state index in [1.54, 1.807) is 0 Å². The standard InChI is InChI=1S/C14H13NO.C13H13NO/c1-9-7-8-12-13(14(9)16)10-5-3-4-6-11(10)15(12)2;1-14-10-6-3-2-5-9(10)13-11(14)7-4-8-12(13)15/h3-6H,1,7-8H2,2H3;2-3,5-6H,4,7-8H2,1H3. The second-order valence-corrected chi connectivity index (χ2v) is 8.51. The van der Waals surface area contributed by atoms with Crippen LogP contribution in [0.2, 0.25) is 0 Å². The number of hydrogen-bond donors (Lipinski definition) is 0. The van der Waals surface area contributed by atoms with Gasteiger partial charge in [-0.1, -0.05) is 43.0 Å². The number of benzene rings is 2. The second-order valence-electron chi connectivity index (χ2n) is 8.51. The van der Waals surface area contributed by atoms with Gasteiger partial charge in [-0.25, -0.2) is 0 Å². The van der Waals surface area contributed by atoms with Crippen molar-refractivity contribution in [1.29, 1.82) is 0 Å². The summed E-state index contributed by atoms with van der Waals surface area (Å²) in [6.07, 6.45) is 4.45. The molecule has 4 nitrogen and oxygen atoms in total. The third kappa shape index (κ3) is 2.97. The third-order valence-electron chi connectivity index (χ3n) is 6.76. The normalized spacial score (nSPS) is 15.6. The van der Waals surface area contributed by atoms with Crippen molar-refractivity contribution in [3.05, 3.63) is 83.2 Å². The van der Waals surface area contributed by atoms with Gasteiger partial charge in [-0.05, 0) is 43.4 Å². The molecule has 0 saturated carbocycles. The zero-order valence-electron chi connectivity index (χ0n) is 18.1. The van der Waals surface area contributed by atoms with Crippen LogP contribution in [0.1, 0.15) is 51.4 Å². The minimum atomic E-state index is 0.123. The van der Waals surface area contributed by atoms with Gasteiger partial charge in [-0.3, -0.25) is 9.59 Å². The van der Waals surface area contributed by atoms with Crippen LogP contribution in [0.3, 0.4) is 0 Å². The molecule has 4 heteroatoms. The first-order valence-corrected chi connectivity index (χ1v) is 10.9. The maximum absolute atomic E-state index is 12.1. The lowest BCUT2D eigenvalue weighted by molar-refractivity contribution is 0.0972. The zero-order valence-corrected chi connectivity index (χ0v) is 18.1. The fraction of sp³-hybridized carbons (Fsp3) is 0.259. The molecule has 0 spiro atoms. The van der Waals surface area contributed by atoms with Crippen LogP contribution < -0.4 is 0 Å². The predicted molar refractivity (Wildman–Crippen MR) is 125 cm³/mol. The summed E-state index contributed by atoms with van der Waals surface area (Å²) in [5, 5.41) is 2.19. The number of aromatic nitrogens is 2. The molecule has 0 saturated heterocycles. The van der Waals surface area contributed by atoms with Gasteiger partial charge in [0, 0.05) is 59.3 Å². The van der Waals surface area contributed by atoms with Crippen LogP contribution in [0, 0.1) is 0 Å². The highest BCUT2D eigenvalue weighted by molar-refractivity contribution is 6.18. The number of hydrogen-bond acceptors (Lipinski definition) is 2. The molecular weight excluding hydrogens is 384 g/mol. The van der Waals surface area contributed by atoms with E-state index < -0.39 is 0 Å². The Morgan fingerprint density at radius 2 is 1.26 bits per heavy atom. The van der Waals surface area contributed by atoms with Crippen molar-refractivity contribution in [2.75, 3.05) is 0 Å². The Hall–Kier alpha value is -3.40. The maximum Gasteiger partial charge on any atom is 0.190 e. The minimum absolute atomic E-state index is 0.123. The minimum Gasteiger partial charge on any atom is -0.347 e. The predicted octanol–water partition coefficient (Wildman–Crippen LogP) is 5.56. The molecule has 0 aliphatic heterocycles. The maximum atomic E-state index is 12.1. The first kappa shape index (κ1) is 19.6. The molecule has 0 amide bonds. The summed E-state index contributed by atoms with van der Waals surface area (Å²) in [7, 11) is 4.09. The van der Waals surface area contributed by atoms with E-state index in [0.717, 1.165) is 64.4 Å². The van der Waals surface area contributed by atoms with Gasteiger partial charge in [0.05, 0.1) is 5.56 Å². The lowest BCUT2D eigenvalue weighted by Gasteiger charge is -2.14. The molecule has 2 aromatic heterocycles. The van der Waals surface area contributed by atoms with Gasteiger partial charge in [0.1, 0.15) is 0 Å². The summed E-state index contributed by atoms with van der Waals surface area (Å²) in [4.78, 5) is 24.0. The Labute approximate surface area is 181 Å². The Morgan fingerprint density at radius 3 is 1.90 bits per heavy atom. The van der Waals surface area contributed by atoms with Crippen LogP contribution >= 0.6 is 0 Å². The van der Waals surface area contributed by atoms with Crippen molar-refractivity contribution in [1.82, 2.24) is 9.13 Å². The lowest BCUT2D eigenvalue weighted by atomic mass is 9.91. The lowest BCUT2D eigenvalue weighted by Crippen LogP contribution is -2.14. The van der Waals surface area contributed by atoms with Crippen LogP contribution in [0.4, 0.5) is 0 Å². The summed E-state index contributed by atoms with van der Waals surface area (Å²) in [6, 6.07) is 16.2. The molecule has 156 valence electrons. The van der Waals surface area contributed by atoms with Crippen LogP contribution in [0.25, 0.3) is 21.8 Å². The van der Waals surface area contributed by atoms with Crippen molar-refractivity contribution in [3.8, 4) is 0 Å². The van der Waals surface area contributed by atoms with E-state index in [0.29, 0.717) is 12.2 Å². The number of carbonyl (C=O) groups excluding carboxylic acids is 2. The Kier molecular flexibility index (Phi) is 4.66. The van der Waals surface area contributed by atoms with E-state index in [1.807, 2.05) is 37.4 Å². The number of allylic oxidation sites excluding steroid dienone is 1. The molecule has 31 heavy (non-hydrogen) atoms. The smallest absolute Gasteiger partial charge is 0.190 e. The highest BCUT2D eigenvalue weighted by Gasteiger charge is 2.26. The van der Waals surface area contributed by atoms with Crippen LogP contribution in [-0.2, 0) is 26.9 Å². The quantitative estimate of drug-likeness (QED) is 0.356. The Morgan fingerprint density at radius 1 is 0.710 bits per heavy atom. The van der Waals surface area contributed by atoms with E-state index >= 15 is 0 Å². The Bertz CT molecular complexity index is 1380. The molecule has 2 aromatic carbocycles. The fourth-order valence-corrected chi connectivity index (χ4v) is 5.14. The molecule has 0 N–H and O–H groups in total. The number of ketones is 2. The van der Waals surface area contributed by atoms with Gasteiger partial charge in [-0.2, -0.15) is 0 Å². The molecule has 0 fully saturated rings. The molecule has 2 heterocycles.